The Hall–Kier alpha value is -1.82. The summed E-state index contributed by atoms with van der Waals surface area (Å²) in [5, 5.41) is 0. The minimum absolute atomic E-state index is 0.626. The van der Waals surface area contributed by atoms with Gasteiger partial charge in [-0.3, -0.25) is 0 Å². The van der Waals surface area contributed by atoms with Crippen LogP contribution in [0.5, 0.6) is 0 Å². The zero-order chi connectivity index (χ0) is 16.1. The third kappa shape index (κ3) is 2.19. The van der Waals surface area contributed by atoms with Crippen molar-refractivity contribution in [3.8, 4) is 0 Å². The highest BCUT2D eigenvalue weighted by Crippen LogP contribution is 2.55. The predicted molar refractivity (Wildman–Crippen MR) is 99.2 cm³/mol. The number of aryl methyl sites for hydroxylation is 3. The van der Waals surface area contributed by atoms with Crippen molar-refractivity contribution < 1.29 is 0 Å². The average molecular weight is 302 g/mol. The van der Waals surface area contributed by atoms with Crippen molar-refractivity contribution in [3.05, 3.63) is 76.9 Å². The summed E-state index contributed by atoms with van der Waals surface area (Å²) in [6.07, 6.45) is 16.5. The van der Waals surface area contributed by atoms with E-state index in [0.29, 0.717) is 23.7 Å². The second kappa shape index (κ2) is 5.37. The summed E-state index contributed by atoms with van der Waals surface area (Å²) in [4.78, 5) is 0. The minimum Gasteiger partial charge on any atom is -0.0805 e. The van der Waals surface area contributed by atoms with Crippen LogP contribution in [0.3, 0.4) is 0 Å². The number of rotatable bonds is 1. The molecule has 5 unspecified atom stereocenters. The Morgan fingerprint density at radius 1 is 0.739 bits per heavy atom. The lowest BCUT2D eigenvalue weighted by Gasteiger charge is -2.31. The quantitative estimate of drug-likeness (QED) is 0.614. The Morgan fingerprint density at radius 3 is 2.04 bits per heavy atom. The topological polar surface area (TPSA) is 0 Å². The van der Waals surface area contributed by atoms with E-state index in [4.69, 9.17) is 0 Å². The average Bonchev–Trinajstić information content (AvgIpc) is 2.81. The maximum absolute atomic E-state index is 2.46. The first kappa shape index (κ1) is 14.8. The molecule has 118 valence electrons. The molecule has 4 rings (SSSR count). The third-order valence-electron chi connectivity index (χ3n) is 6.20. The standard InChI is InChI=1S/C23H26/c1-14-12-15(2)22(16(3)13-14)21-11-7-10-19-17(4)18-8-5-6-9-20(18)23(19)21/h5-13,17-20,23H,1-4H3. The van der Waals surface area contributed by atoms with E-state index in [-0.39, 0.29) is 0 Å². The first-order valence-corrected chi connectivity index (χ1v) is 8.89. The van der Waals surface area contributed by atoms with Gasteiger partial charge in [0.25, 0.3) is 0 Å². The molecule has 0 spiro atoms. The monoisotopic (exact) mass is 302 g/mol. The molecule has 0 radical (unpaired) electrons. The van der Waals surface area contributed by atoms with Crippen molar-refractivity contribution in [2.24, 2.45) is 29.6 Å². The maximum atomic E-state index is 2.46. The van der Waals surface area contributed by atoms with Crippen LogP contribution in [-0.2, 0) is 0 Å². The first-order valence-electron chi connectivity index (χ1n) is 8.89. The number of allylic oxidation sites excluding steroid dienone is 8. The molecule has 3 aliphatic rings. The van der Waals surface area contributed by atoms with Crippen molar-refractivity contribution >= 4 is 5.57 Å². The van der Waals surface area contributed by atoms with E-state index >= 15 is 0 Å². The molecule has 0 heteroatoms. The minimum atomic E-state index is 0.626. The van der Waals surface area contributed by atoms with Crippen LogP contribution in [0, 0.1) is 50.4 Å². The molecule has 3 aliphatic carbocycles. The second-order valence-corrected chi connectivity index (χ2v) is 7.67. The molecular weight excluding hydrogens is 276 g/mol. The van der Waals surface area contributed by atoms with Gasteiger partial charge in [-0.1, -0.05) is 67.2 Å². The van der Waals surface area contributed by atoms with Gasteiger partial charge >= 0.3 is 0 Å². The molecule has 1 saturated carbocycles. The van der Waals surface area contributed by atoms with Crippen LogP contribution in [0.15, 0.2) is 54.7 Å². The second-order valence-electron chi connectivity index (χ2n) is 7.67. The van der Waals surface area contributed by atoms with Crippen LogP contribution in [0.25, 0.3) is 5.57 Å². The Morgan fingerprint density at radius 2 is 1.35 bits per heavy atom. The molecule has 0 aromatic heterocycles. The number of hydrogen-bond acceptors (Lipinski definition) is 0. The van der Waals surface area contributed by atoms with E-state index < -0.39 is 0 Å². The normalized spacial score (nSPS) is 34.3. The molecule has 23 heavy (non-hydrogen) atoms. The van der Waals surface area contributed by atoms with E-state index in [1.54, 1.807) is 5.57 Å². The van der Waals surface area contributed by atoms with Crippen LogP contribution in [0.4, 0.5) is 0 Å². The number of hydrogen-bond donors (Lipinski definition) is 0. The summed E-state index contributed by atoms with van der Waals surface area (Å²) in [6.45, 7) is 9.18. The van der Waals surface area contributed by atoms with Gasteiger partial charge in [0.1, 0.15) is 0 Å². The SMILES string of the molecule is Cc1cc(C)c(C2=CC=CC3C(C)C4C=CC=CC4C23)c(C)c1. The van der Waals surface area contributed by atoms with Gasteiger partial charge in [-0.05, 0) is 72.6 Å². The Bertz CT molecular complexity index is 733. The van der Waals surface area contributed by atoms with Crippen molar-refractivity contribution in [3.63, 3.8) is 0 Å². The van der Waals surface area contributed by atoms with Crippen molar-refractivity contribution in [2.45, 2.75) is 27.7 Å². The van der Waals surface area contributed by atoms with Gasteiger partial charge in [0.05, 0.1) is 0 Å². The molecule has 0 heterocycles. The van der Waals surface area contributed by atoms with Crippen molar-refractivity contribution in [1.29, 1.82) is 0 Å². The Balaban J connectivity index is 1.84. The first-order chi connectivity index (χ1) is 11.1. The van der Waals surface area contributed by atoms with E-state index in [1.165, 1.54) is 22.3 Å². The lowest BCUT2D eigenvalue weighted by Crippen LogP contribution is -2.20. The van der Waals surface area contributed by atoms with Gasteiger partial charge in [-0.15, -0.1) is 0 Å². The lowest BCUT2D eigenvalue weighted by atomic mass is 9.73. The Kier molecular flexibility index (Phi) is 3.44. The summed E-state index contributed by atoms with van der Waals surface area (Å²) in [7, 11) is 0. The van der Waals surface area contributed by atoms with Gasteiger partial charge in [0.15, 0.2) is 0 Å². The lowest BCUT2D eigenvalue weighted by molar-refractivity contribution is 0.416. The van der Waals surface area contributed by atoms with Gasteiger partial charge in [0, 0.05) is 0 Å². The molecule has 0 saturated heterocycles. The fourth-order valence-corrected chi connectivity index (χ4v) is 5.36. The largest absolute Gasteiger partial charge is 0.0805 e. The molecule has 0 bridgehead atoms. The smallest absolute Gasteiger partial charge is 0.00212 e. The molecule has 0 aliphatic heterocycles. The van der Waals surface area contributed by atoms with E-state index in [2.05, 4.69) is 82.4 Å². The third-order valence-corrected chi connectivity index (χ3v) is 6.20. The van der Waals surface area contributed by atoms with E-state index in [9.17, 15) is 0 Å². The summed E-state index contributed by atoms with van der Waals surface area (Å²) in [5.41, 5.74) is 7.27. The molecule has 1 aromatic carbocycles. The summed E-state index contributed by atoms with van der Waals surface area (Å²) < 4.78 is 0. The van der Waals surface area contributed by atoms with Crippen LogP contribution in [-0.4, -0.2) is 0 Å². The predicted octanol–water partition coefficient (Wildman–Crippen LogP) is 5.81. The van der Waals surface area contributed by atoms with Gasteiger partial charge in [0.2, 0.25) is 0 Å². The summed E-state index contributed by atoms with van der Waals surface area (Å²) >= 11 is 0. The Labute approximate surface area is 140 Å². The van der Waals surface area contributed by atoms with E-state index in [1.807, 2.05) is 0 Å². The zero-order valence-corrected chi connectivity index (χ0v) is 14.6. The molecule has 5 atom stereocenters. The molecule has 0 N–H and O–H groups in total. The number of benzene rings is 1. The zero-order valence-electron chi connectivity index (χ0n) is 14.6. The highest BCUT2D eigenvalue weighted by molar-refractivity contribution is 5.76. The molecular formula is C23H26. The van der Waals surface area contributed by atoms with E-state index in [0.717, 1.165) is 5.92 Å². The van der Waals surface area contributed by atoms with Gasteiger partial charge in [-0.25, -0.2) is 0 Å². The van der Waals surface area contributed by atoms with Gasteiger partial charge in [-0.2, -0.15) is 0 Å². The molecule has 1 fully saturated rings. The van der Waals surface area contributed by atoms with Crippen molar-refractivity contribution in [2.75, 3.05) is 0 Å². The molecule has 0 amide bonds. The van der Waals surface area contributed by atoms with Crippen molar-refractivity contribution in [1.82, 2.24) is 0 Å². The van der Waals surface area contributed by atoms with Crippen LogP contribution in [0.1, 0.15) is 29.2 Å². The van der Waals surface area contributed by atoms with Crippen LogP contribution in [0.2, 0.25) is 0 Å². The molecule has 0 nitrogen and oxygen atoms in total. The number of fused-ring (bicyclic) bond motifs is 3. The summed E-state index contributed by atoms with van der Waals surface area (Å²) in [6, 6.07) is 4.67. The fourth-order valence-electron chi connectivity index (χ4n) is 5.36. The fraction of sp³-hybridized carbons (Fsp3) is 0.391. The van der Waals surface area contributed by atoms with Crippen LogP contribution < -0.4 is 0 Å². The van der Waals surface area contributed by atoms with Crippen LogP contribution >= 0.6 is 0 Å². The maximum Gasteiger partial charge on any atom is -0.00212 e. The summed E-state index contributed by atoms with van der Waals surface area (Å²) in [5.74, 6) is 3.35. The highest BCUT2D eigenvalue weighted by Gasteiger charge is 2.48. The highest BCUT2D eigenvalue weighted by atomic mass is 14.5. The van der Waals surface area contributed by atoms with Gasteiger partial charge < -0.3 is 0 Å². The molecule has 1 aromatic rings.